The smallest absolute Gasteiger partial charge is 0.273 e. The van der Waals surface area contributed by atoms with Gasteiger partial charge in [-0.25, -0.2) is 8.60 Å². The normalized spacial score (nSPS) is 12.5. The van der Waals surface area contributed by atoms with Crippen LogP contribution in [0.4, 0.5) is 10.1 Å². The summed E-state index contributed by atoms with van der Waals surface area (Å²) >= 11 is -2.41. The zero-order valence-electron chi connectivity index (χ0n) is 6.14. The molecule has 0 aromatic heterocycles. The lowest BCUT2D eigenvalue weighted by atomic mass is 10.3. The van der Waals surface area contributed by atoms with E-state index < -0.39 is 27.5 Å². The minimum atomic E-state index is -2.41. The largest absolute Gasteiger partial charge is 0.302 e. The molecule has 1 rings (SSSR count). The summed E-state index contributed by atoms with van der Waals surface area (Å²) < 4.78 is 31.6. The van der Waals surface area contributed by atoms with Crippen LogP contribution in [0, 0.1) is 15.9 Å². The van der Waals surface area contributed by atoms with E-state index in [1.54, 1.807) is 0 Å². The molecule has 0 saturated carbocycles. The molecule has 0 spiro atoms. The fraction of sp³-hybridized carbons (Fsp3) is 0. The first-order chi connectivity index (χ1) is 6.00. The van der Waals surface area contributed by atoms with E-state index in [1.807, 2.05) is 0 Å². The van der Waals surface area contributed by atoms with Crippen LogP contribution in [0.1, 0.15) is 0 Å². The van der Waals surface area contributed by atoms with Crippen molar-refractivity contribution in [3.63, 3.8) is 0 Å². The number of halogens is 1. The van der Waals surface area contributed by atoms with Crippen molar-refractivity contribution in [2.45, 2.75) is 4.90 Å². The fourth-order valence-electron chi connectivity index (χ4n) is 0.754. The average molecular weight is 205 g/mol. The predicted octanol–water partition coefficient (Wildman–Crippen LogP) is 1.31. The van der Waals surface area contributed by atoms with Gasteiger partial charge in [-0.2, -0.15) is 0 Å². The first-order valence-corrected chi connectivity index (χ1v) is 4.17. The Balaban J connectivity index is 3.26. The summed E-state index contributed by atoms with van der Waals surface area (Å²) in [6, 6.07) is 2.29. The second-order valence-electron chi connectivity index (χ2n) is 2.15. The molecule has 1 unspecified atom stereocenters. The summed E-state index contributed by atoms with van der Waals surface area (Å²) in [6.07, 6.45) is 0. The number of hydrogen-bond donors (Lipinski definition) is 1. The third-order valence-electron chi connectivity index (χ3n) is 1.27. The van der Waals surface area contributed by atoms with Crippen LogP contribution < -0.4 is 0 Å². The van der Waals surface area contributed by atoms with E-state index in [0.717, 1.165) is 12.1 Å². The van der Waals surface area contributed by atoms with Crippen molar-refractivity contribution >= 4 is 16.8 Å². The van der Waals surface area contributed by atoms with Crippen LogP contribution in [0.25, 0.3) is 0 Å². The molecule has 0 aliphatic carbocycles. The van der Waals surface area contributed by atoms with Crippen LogP contribution in [0.15, 0.2) is 23.1 Å². The van der Waals surface area contributed by atoms with Crippen LogP contribution in [0.2, 0.25) is 0 Å². The lowest BCUT2D eigenvalue weighted by Crippen LogP contribution is -1.94. The number of hydrogen-bond acceptors (Lipinski definition) is 3. The van der Waals surface area contributed by atoms with E-state index in [1.165, 1.54) is 0 Å². The third kappa shape index (κ3) is 2.30. The van der Waals surface area contributed by atoms with Gasteiger partial charge >= 0.3 is 0 Å². The second kappa shape index (κ2) is 3.58. The van der Waals surface area contributed by atoms with Gasteiger partial charge in [-0.05, 0) is 6.07 Å². The lowest BCUT2D eigenvalue weighted by molar-refractivity contribution is -0.385. The summed E-state index contributed by atoms with van der Waals surface area (Å²) in [5.74, 6) is -0.911. The molecule has 1 aromatic carbocycles. The molecule has 7 heteroatoms. The number of nitrogens with zero attached hydrogens (tertiary/aromatic N) is 1. The second-order valence-corrected chi connectivity index (χ2v) is 3.12. The van der Waals surface area contributed by atoms with E-state index in [9.17, 15) is 18.7 Å². The summed E-state index contributed by atoms with van der Waals surface area (Å²) in [4.78, 5) is 9.03. The Hall–Kier alpha value is -1.34. The first kappa shape index (κ1) is 9.75. The maximum Gasteiger partial charge on any atom is 0.273 e. The SMILES string of the molecule is O=[N+]([O-])c1cc(F)cc(S(=O)O)c1. The Morgan fingerprint density at radius 2 is 2.08 bits per heavy atom. The highest BCUT2D eigenvalue weighted by molar-refractivity contribution is 7.79. The fourth-order valence-corrected chi connectivity index (χ4v) is 1.19. The van der Waals surface area contributed by atoms with Crippen LogP contribution in [0.5, 0.6) is 0 Å². The molecule has 0 saturated heterocycles. The molecule has 70 valence electrons. The van der Waals surface area contributed by atoms with Gasteiger partial charge < -0.3 is 4.55 Å². The molecule has 0 aliphatic heterocycles. The number of benzene rings is 1. The van der Waals surface area contributed by atoms with Crippen LogP contribution in [-0.2, 0) is 11.1 Å². The summed E-state index contributed by atoms with van der Waals surface area (Å²) in [5.41, 5.74) is -0.544. The van der Waals surface area contributed by atoms with E-state index in [4.69, 9.17) is 4.55 Å². The van der Waals surface area contributed by atoms with Crippen molar-refractivity contribution in [2.75, 3.05) is 0 Å². The molecule has 0 aliphatic rings. The van der Waals surface area contributed by atoms with Gasteiger partial charge in [-0.15, -0.1) is 0 Å². The van der Waals surface area contributed by atoms with Gasteiger partial charge in [0, 0.05) is 6.07 Å². The Morgan fingerprint density at radius 3 is 2.54 bits per heavy atom. The maximum absolute atomic E-state index is 12.6. The molecular weight excluding hydrogens is 201 g/mol. The van der Waals surface area contributed by atoms with Crippen molar-refractivity contribution in [3.05, 3.63) is 34.1 Å². The Labute approximate surface area is 74.6 Å². The van der Waals surface area contributed by atoms with Crippen LogP contribution >= 0.6 is 0 Å². The highest BCUT2D eigenvalue weighted by Gasteiger charge is 2.12. The van der Waals surface area contributed by atoms with Crippen molar-refractivity contribution < 1.29 is 18.1 Å². The van der Waals surface area contributed by atoms with Gasteiger partial charge in [0.15, 0.2) is 11.1 Å². The van der Waals surface area contributed by atoms with Gasteiger partial charge in [0.25, 0.3) is 5.69 Å². The van der Waals surface area contributed by atoms with Gasteiger partial charge in [-0.1, -0.05) is 0 Å². The van der Waals surface area contributed by atoms with Crippen LogP contribution in [-0.4, -0.2) is 13.7 Å². The standard InChI is InChI=1S/C6H4FNO4S/c7-4-1-5(8(9)10)3-6(2-4)13(11)12/h1-3H,(H,11,12). The highest BCUT2D eigenvalue weighted by Crippen LogP contribution is 2.17. The number of rotatable bonds is 2. The monoisotopic (exact) mass is 205 g/mol. The number of non-ortho nitro benzene ring substituents is 1. The van der Waals surface area contributed by atoms with Gasteiger partial charge in [0.05, 0.1) is 15.9 Å². The van der Waals surface area contributed by atoms with E-state index in [0.29, 0.717) is 6.07 Å². The van der Waals surface area contributed by atoms with Gasteiger partial charge in [0.2, 0.25) is 0 Å². The molecule has 13 heavy (non-hydrogen) atoms. The number of nitro benzene ring substituents is 1. The molecule has 0 fully saturated rings. The minimum Gasteiger partial charge on any atom is -0.302 e. The predicted molar refractivity (Wildman–Crippen MR) is 42.1 cm³/mol. The van der Waals surface area contributed by atoms with E-state index in [2.05, 4.69) is 0 Å². The summed E-state index contributed by atoms with van der Waals surface area (Å²) in [7, 11) is 0. The van der Waals surface area contributed by atoms with Gasteiger partial charge in [0.1, 0.15) is 5.82 Å². The van der Waals surface area contributed by atoms with E-state index >= 15 is 0 Å². The first-order valence-electron chi connectivity index (χ1n) is 3.06. The molecular formula is C6H4FNO4S. The maximum atomic E-state index is 12.6. The molecule has 1 N–H and O–H groups in total. The molecule has 0 radical (unpaired) electrons. The Kier molecular flexibility index (Phi) is 2.69. The Bertz CT molecular complexity index is 349. The van der Waals surface area contributed by atoms with Gasteiger partial charge in [-0.3, -0.25) is 10.1 Å². The molecule has 0 bridgehead atoms. The zero-order chi connectivity index (χ0) is 10.0. The molecule has 0 heterocycles. The summed E-state index contributed by atoms with van der Waals surface area (Å²) in [5, 5.41) is 10.2. The van der Waals surface area contributed by atoms with E-state index in [-0.39, 0.29) is 4.90 Å². The zero-order valence-corrected chi connectivity index (χ0v) is 6.95. The minimum absolute atomic E-state index is 0.327. The molecule has 1 atom stereocenters. The van der Waals surface area contributed by atoms with Crippen molar-refractivity contribution in [2.24, 2.45) is 0 Å². The van der Waals surface area contributed by atoms with Crippen LogP contribution in [0.3, 0.4) is 0 Å². The topological polar surface area (TPSA) is 80.4 Å². The Morgan fingerprint density at radius 1 is 1.46 bits per heavy atom. The number of nitro groups is 1. The molecule has 0 amide bonds. The summed E-state index contributed by atoms with van der Waals surface area (Å²) in [6.45, 7) is 0. The van der Waals surface area contributed by atoms with Crippen molar-refractivity contribution in [3.8, 4) is 0 Å². The average Bonchev–Trinajstić information content (AvgIpc) is 2.03. The third-order valence-corrected chi connectivity index (χ3v) is 1.91. The van der Waals surface area contributed by atoms with Crippen molar-refractivity contribution in [1.29, 1.82) is 0 Å². The quantitative estimate of drug-likeness (QED) is 0.448. The molecule has 5 nitrogen and oxygen atoms in total. The van der Waals surface area contributed by atoms with Crippen molar-refractivity contribution in [1.82, 2.24) is 0 Å². The molecule has 1 aromatic rings. The lowest BCUT2D eigenvalue weighted by Gasteiger charge is -1.95. The highest BCUT2D eigenvalue weighted by atomic mass is 32.2.